The van der Waals surface area contributed by atoms with Crippen LogP contribution in [0.3, 0.4) is 0 Å². The van der Waals surface area contributed by atoms with Crippen LogP contribution < -0.4 is 10.5 Å². The maximum Gasteiger partial charge on any atom is 0.199 e. The van der Waals surface area contributed by atoms with Gasteiger partial charge in [0.15, 0.2) is 5.78 Å². The first kappa shape index (κ1) is 14.6. The van der Waals surface area contributed by atoms with Crippen molar-refractivity contribution in [3.63, 3.8) is 0 Å². The van der Waals surface area contributed by atoms with Crippen LogP contribution in [0.25, 0.3) is 0 Å². The number of ketones is 1. The largest absolute Gasteiger partial charge is 0.493 e. The molecule has 2 rings (SSSR count). The second-order valence-electron chi connectivity index (χ2n) is 4.44. The molecule has 0 aliphatic carbocycles. The van der Waals surface area contributed by atoms with Crippen molar-refractivity contribution in [2.45, 2.75) is 13.8 Å². The molecule has 0 fully saturated rings. The van der Waals surface area contributed by atoms with E-state index in [1.54, 1.807) is 18.2 Å². The predicted octanol–water partition coefficient (Wildman–Crippen LogP) is 3.97. The van der Waals surface area contributed by atoms with Gasteiger partial charge in [-0.25, -0.2) is 0 Å². The summed E-state index contributed by atoms with van der Waals surface area (Å²) >= 11 is 3.39. The van der Waals surface area contributed by atoms with Gasteiger partial charge in [-0.1, -0.05) is 28.1 Å². The summed E-state index contributed by atoms with van der Waals surface area (Å²) in [6.45, 7) is 4.27. The number of benzene rings is 2. The van der Waals surface area contributed by atoms with Gasteiger partial charge in [0.05, 0.1) is 12.2 Å². The monoisotopic (exact) mass is 333 g/mol. The highest BCUT2D eigenvalue weighted by atomic mass is 79.9. The molecule has 4 heteroatoms. The molecule has 104 valence electrons. The zero-order chi connectivity index (χ0) is 14.7. The van der Waals surface area contributed by atoms with E-state index in [1.807, 2.05) is 32.0 Å². The number of carbonyl (C=O) groups is 1. The smallest absolute Gasteiger partial charge is 0.199 e. The Morgan fingerprint density at radius 3 is 2.70 bits per heavy atom. The van der Waals surface area contributed by atoms with Gasteiger partial charge >= 0.3 is 0 Å². The Kier molecular flexibility index (Phi) is 4.45. The topological polar surface area (TPSA) is 52.3 Å². The molecule has 2 aromatic rings. The van der Waals surface area contributed by atoms with E-state index in [9.17, 15) is 4.79 Å². The summed E-state index contributed by atoms with van der Waals surface area (Å²) < 4.78 is 6.36. The van der Waals surface area contributed by atoms with E-state index in [1.165, 1.54) is 0 Å². The summed E-state index contributed by atoms with van der Waals surface area (Å²) in [5, 5.41) is 0. The van der Waals surface area contributed by atoms with Gasteiger partial charge in [0.1, 0.15) is 5.75 Å². The fourth-order valence-corrected chi connectivity index (χ4v) is 2.46. The van der Waals surface area contributed by atoms with Crippen LogP contribution in [0.1, 0.15) is 28.4 Å². The number of carbonyl (C=O) groups excluding carboxylic acids is 1. The van der Waals surface area contributed by atoms with Crippen LogP contribution >= 0.6 is 15.9 Å². The van der Waals surface area contributed by atoms with Crippen LogP contribution in [0, 0.1) is 6.92 Å². The molecule has 20 heavy (non-hydrogen) atoms. The molecule has 0 spiro atoms. The molecule has 0 amide bonds. The van der Waals surface area contributed by atoms with Crippen LogP contribution in [0.2, 0.25) is 0 Å². The average Bonchev–Trinajstić information content (AvgIpc) is 2.40. The van der Waals surface area contributed by atoms with Crippen molar-refractivity contribution in [1.82, 2.24) is 0 Å². The molecule has 0 aromatic heterocycles. The van der Waals surface area contributed by atoms with Crippen LogP contribution in [0.15, 0.2) is 40.9 Å². The van der Waals surface area contributed by atoms with E-state index < -0.39 is 0 Å². The van der Waals surface area contributed by atoms with E-state index in [2.05, 4.69) is 15.9 Å². The summed E-state index contributed by atoms with van der Waals surface area (Å²) in [5.41, 5.74) is 8.34. The summed E-state index contributed by atoms with van der Waals surface area (Å²) in [4.78, 5) is 12.8. The van der Waals surface area contributed by atoms with Crippen LogP contribution in [0.4, 0.5) is 5.69 Å². The van der Waals surface area contributed by atoms with Crippen molar-refractivity contribution in [2.75, 3.05) is 12.3 Å². The molecule has 0 atom stereocenters. The highest BCUT2D eigenvalue weighted by Crippen LogP contribution is 2.28. The molecule has 0 heterocycles. The number of anilines is 1. The Hall–Kier alpha value is -1.81. The molecular weight excluding hydrogens is 318 g/mol. The lowest BCUT2D eigenvalue weighted by atomic mass is 9.97. The molecule has 0 aliphatic heterocycles. The Labute approximate surface area is 126 Å². The lowest BCUT2D eigenvalue weighted by Crippen LogP contribution is -2.10. The van der Waals surface area contributed by atoms with Crippen LogP contribution in [0.5, 0.6) is 5.75 Å². The van der Waals surface area contributed by atoms with E-state index in [4.69, 9.17) is 10.5 Å². The lowest BCUT2D eigenvalue weighted by Gasteiger charge is -2.12. The lowest BCUT2D eigenvalue weighted by molar-refractivity contribution is 0.103. The number of rotatable bonds is 4. The molecule has 2 aromatic carbocycles. The van der Waals surface area contributed by atoms with Crippen molar-refractivity contribution in [3.05, 3.63) is 57.6 Å². The first-order chi connectivity index (χ1) is 9.54. The maximum atomic E-state index is 12.8. The first-order valence-electron chi connectivity index (χ1n) is 6.36. The molecule has 0 unspecified atom stereocenters. The Bertz CT molecular complexity index is 633. The van der Waals surface area contributed by atoms with Gasteiger partial charge in [0, 0.05) is 15.7 Å². The number of halogens is 1. The third-order valence-electron chi connectivity index (χ3n) is 3.02. The first-order valence-corrected chi connectivity index (χ1v) is 7.16. The van der Waals surface area contributed by atoms with E-state index in [0.29, 0.717) is 29.2 Å². The summed E-state index contributed by atoms with van der Waals surface area (Å²) in [6.07, 6.45) is 0. The quantitative estimate of drug-likeness (QED) is 0.680. The SMILES string of the molecule is CCOc1ccc(Br)cc1C(=O)c1c(C)cccc1N. The van der Waals surface area contributed by atoms with E-state index >= 15 is 0 Å². The molecule has 0 saturated heterocycles. The number of nitrogen functional groups attached to an aromatic ring is 1. The fraction of sp³-hybridized carbons (Fsp3) is 0.188. The fourth-order valence-electron chi connectivity index (χ4n) is 2.10. The summed E-state index contributed by atoms with van der Waals surface area (Å²) in [7, 11) is 0. The second-order valence-corrected chi connectivity index (χ2v) is 5.36. The summed E-state index contributed by atoms with van der Waals surface area (Å²) in [5.74, 6) is 0.453. The number of nitrogens with two attached hydrogens (primary N) is 1. The van der Waals surface area contributed by atoms with Gasteiger partial charge in [-0.2, -0.15) is 0 Å². The maximum absolute atomic E-state index is 12.8. The molecule has 0 radical (unpaired) electrons. The predicted molar refractivity (Wildman–Crippen MR) is 84.3 cm³/mol. The van der Waals surface area contributed by atoms with Gasteiger partial charge in [-0.15, -0.1) is 0 Å². The van der Waals surface area contributed by atoms with Crippen molar-refractivity contribution in [3.8, 4) is 5.75 Å². The number of hydrogen-bond acceptors (Lipinski definition) is 3. The zero-order valence-corrected chi connectivity index (χ0v) is 13.0. The van der Waals surface area contributed by atoms with Gasteiger partial charge < -0.3 is 10.5 Å². The normalized spacial score (nSPS) is 10.3. The van der Waals surface area contributed by atoms with Gasteiger partial charge in [-0.05, 0) is 43.7 Å². The molecule has 0 aliphatic rings. The minimum atomic E-state index is -0.120. The number of hydrogen-bond donors (Lipinski definition) is 1. The zero-order valence-electron chi connectivity index (χ0n) is 11.4. The molecular formula is C16H16BrNO2. The molecule has 2 N–H and O–H groups in total. The third-order valence-corrected chi connectivity index (χ3v) is 3.51. The van der Waals surface area contributed by atoms with Crippen molar-refractivity contribution >= 4 is 27.4 Å². The minimum Gasteiger partial charge on any atom is -0.493 e. The Morgan fingerprint density at radius 2 is 2.05 bits per heavy atom. The Morgan fingerprint density at radius 1 is 1.30 bits per heavy atom. The molecule has 0 saturated carbocycles. The van der Waals surface area contributed by atoms with Crippen molar-refractivity contribution in [1.29, 1.82) is 0 Å². The van der Waals surface area contributed by atoms with Crippen molar-refractivity contribution in [2.24, 2.45) is 0 Å². The number of ether oxygens (including phenoxy) is 1. The number of aryl methyl sites for hydroxylation is 1. The van der Waals surface area contributed by atoms with Crippen molar-refractivity contribution < 1.29 is 9.53 Å². The highest BCUT2D eigenvalue weighted by Gasteiger charge is 2.19. The van der Waals surface area contributed by atoms with Crippen LogP contribution in [-0.2, 0) is 0 Å². The van der Waals surface area contributed by atoms with E-state index in [0.717, 1.165) is 10.0 Å². The molecule has 3 nitrogen and oxygen atoms in total. The second kappa shape index (κ2) is 6.09. The molecule has 0 bridgehead atoms. The van der Waals surface area contributed by atoms with Gasteiger partial charge in [0.2, 0.25) is 0 Å². The highest BCUT2D eigenvalue weighted by molar-refractivity contribution is 9.10. The minimum absolute atomic E-state index is 0.120. The van der Waals surface area contributed by atoms with Gasteiger partial charge in [-0.3, -0.25) is 4.79 Å². The summed E-state index contributed by atoms with van der Waals surface area (Å²) in [6, 6.07) is 10.9. The van der Waals surface area contributed by atoms with Gasteiger partial charge in [0.25, 0.3) is 0 Å². The van der Waals surface area contributed by atoms with Crippen LogP contribution in [-0.4, -0.2) is 12.4 Å². The average molecular weight is 334 g/mol. The third kappa shape index (κ3) is 2.85. The Balaban J connectivity index is 2.56. The standard InChI is InChI=1S/C16H16BrNO2/c1-3-20-14-8-7-11(17)9-12(14)16(19)15-10(2)5-4-6-13(15)18/h4-9H,3,18H2,1-2H3. The van der Waals surface area contributed by atoms with E-state index in [-0.39, 0.29) is 5.78 Å².